The Labute approximate surface area is 119 Å². The summed E-state index contributed by atoms with van der Waals surface area (Å²) in [5.74, 6) is 0.767. The first-order valence-corrected chi connectivity index (χ1v) is 6.61. The topological polar surface area (TPSA) is 58.5 Å². The SMILES string of the molecule is CN=C(NCCOC)NCc1ccnc2ccccc12. The number of hydrogen-bond donors (Lipinski definition) is 2. The molecular formula is C15H20N4O. The number of nitrogens with zero attached hydrogens (tertiary/aromatic N) is 2. The lowest BCUT2D eigenvalue weighted by Crippen LogP contribution is -2.38. The highest BCUT2D eigenvalue weighted by molar-refractivity contribution is 5.83. The number of methoxy groups -OCH3 is 1. The molecule has 0 aliphatic heterocycles. The molecule has 0 aliphatic carbocycles. The molecule has 0 amide bonds. The first-order chi connectivity index (χ1) is 9.85. The number of ether oxygens (including phenoxy) is 1. The van der Waals surface area contributed by atoms with Crippen molar-refractivity contribution in [1.29, 1.82) is 0 Å². The number of fused-ring (bicyclic) bond motifs is 1. The van der Waals surface area contributed by atoms with Crippen molar-refractivity contribution in [2.24, 2.45) is 4.99 Å². The molecule has 0 radical (unpaired) electrons. The fourth-order valence-electron chi connectivity index (χ4n) is 1.98. The zero-order valence-corrected chi connectivity index (χ0v) is 11.9. The number of rotatable bonds is 5. The summed E-state index contributed by atoms with van der Waals surface area (Å²) < 4.78 is 5.00. The van der Waals surface area contributed by atoms with Gasteiger partial charge in [0.1, 0.15) is 0 Å². The fourth-order valence-corrected chi connectivity index (χ4v) is 1.98. The van der Waals surface area contributed by atoms with Crippen LogP contribution in [-0.4, -0.2) is 38.3 Å². The molecule has 20 heavy (non-hydrogen) atoms. The molecule has 0 saturated carbocycles. The number of hydrogen-bond acceptors (Lipinski definition) is 3. The highest BCUT2D eigenvalue weighted by Gasteiger charge is 2.02. The van der Waals surface area contributed by atoms with Crippen molar-refractivity contribution in [3.63, 3.8) is 0 Å². The van der Waals surface area contributed by atoms with Gasteiger partial charge in [0, 0.05) is 38.8 Å². The number of aliphatic imine (C=N–C) groups is 1. The third-order valence-electron chi connectivity index (χ3n) is 3.01. The number of para-hydroxylation sites is 1. The van der Waals surface area contributed by atoms with Gasteiger partial charge in [0.15, 0.2) is 5.96 Å². The molecule has 1 aromatic heterocycles. The molecule has 1 aromatic carbocycles. The van der Waals surface area contributed by atoms with E-state index in [1.165, 1.54) is 5.56 Å². The lowest BCUT2D eigenvalue weighted by Gasteiger charge is -2.12. The van der Waals surface area contributed by atoms with E-state index < -0.39 is 0 Å². The summed E-state index contributed by atoms with van der Waals surface area (Å²) in [6.07, 6.45) is 1.83. The Kier molecular flexibility index (Phi) is 5.32. The van der Waals surface area contributed by atoms with Crippen molar-refractivity contribution in [1.82, 2.24) is 15.6 Å². The van der Waals surface area contributed by atoms with Crippen LogP contribution in [0.4, 0.5) is 0 Å². The van der Waals surface area contributed by atoms with Crippen molar-refractivity contribution < 1.29 is 4.74 Å². The van der Waals surface area contributed by atoms with Crippen LogP contribution in [0.1, 0.15) is 5.56 Å². The maximum absolute atomic E-state index is 5.00. The maximum Gasteiger partial charge on any atom is 0.191 e. The van der Waals surface area contributed by atoms with Gasteiger partial charge in [-0.1, -0.05) is 18.2 Å². The quantitative estimate of drug-likeness (QED) is 0.492. The Morgan fingerprint density at radius 2 is 2.10 bits per heavy atom. The van der Waals surface area contributed by atoms with Gasteiger partial charge in [0.2, 0.25) is 0 Å². The minimum absolute atomic E-state index is 0.652. The molecule has 0 spiro atoms. The van der Waals surface area contributed by atoms with Crippen LogP contribution in [0.3, 0.4) is 0 Å². The molecule has 2 rings (SSSR count). The summed E-state index contributed by atoms with van der Waals surface area (Å²) in [7, 11) is 3.44. The third-order valence-corrected chi connectivity index (χ3v) is 3.01. The zero-order chi connectivity index (χ0) is 14.2. The summed E-state index contributed by atoms with van der Waals surface area (Å²) >= 11 is 0. The highest BCUT2D eigenvalue weighted by Crippen LogP contribution is 2.15. The Morgan fingerprint density at radius 3 is 2.90 bits per heavy atom. The van der Waals surface area contributed by atoms with Gasteiger partial charge in [0.25, 0.3) is 0 Å². The van der Waals surface area contributed by atoms with E-state index in [1.54, 1.807) is 14.2 Å². The number of benzene rings is 1. The van der Waals surface area contributed by atoms with E-state index in [2.05, 4.69) is 26.7 Å². The van der Waals surface area contributed by atoms with Crippen molar-refractivity contribution in [3.8, 4) is 0 Å². The minimum atomic E-state index is 0.652. The molecular weight excluding hydrogens is 252 g/mol. The summed E-state index contributed by atoms with van der Waals surface area (Å²) in [4.78, 5) is 8.54. The first kappa shape index (κ1) is 14.3. The fraction of sp³-hybridized carbons (Fsp3) is 0.333. The highest BCUT2D eigenvalue weighted by atomic mass is 16.5. The van der Waals surface area contributed by atoms with Crippen LogP contribution in [0.2, 0.25) is 0 Å². The van der Waals surface area contributed by atoms with Gasteiger partial charge < -0.3 is 15.4 Å². The van der Waals surface area contributed by atoms with Gasteiger partial charge in [0.05, 0.1) is 12.1 Å². The zero-order valence-electron chi connectivity index (χ0n) is 11.9. The van der Waals surface area contributed by atoms with Crippen LogP contribution < -0.4 is 10.6 Å². The molecule has 0 unspecified atom stereocenters. The Hall–Kier alpha value is -2.14. The van der Waals surface area contributed by atoms with Crippen molar-refractivity contribution in [2.45, 2.75) is 6.54 Å². The van der Waals surface area contributed by atoms with Gasteiger partial charge in [-0.25, -0.2) is 0 Å². The molecule has 0 fully saturated rings. The second-order valence-corrected chi connectivity index (χ2v) is 4.33. The molecule has 0 bridgehead atoms. The van der Waals surface area contributed by atoms with Crippen LogP contribution in [0.15, 0.2) is 41.5 Å². The lowest BCUT2D eigenvalue weighted by atomic mass is 10.1. The number of nitrogens with one attached hydrogen (secondary N) is 2. The molecule has 5 heteroatoms. The number of pyridine rings is 1. The molecule has 5 nitrogen and oxygen atoms in total. The molecule has 2 aromatic rings. The van der Waals surface area contributed by atoms with E-state index in [1.807, 2.05) is 30.5 Å². The predicted octanol–water partition coefficient (Wildman–Crippen LogP) is 1.55. The van der Waals surface area contributed by atoms with Gasteiger partial charge in [-0.3, -0.25) is 9.98 Å². The van der Waals surface area contributed by atoms with E-state index in [0.717, 1.165) is 23.4 Å². The standard InChI is InChI=1S/C15H20N4O/c1-16-15(18-9-10-20-2)19-11-12-7-8-17-14-6-4-3-5-13(12)14/h3-8H,9-11H2,1-2H3,(H2,16,18,19). The van der Waals surface area contributed by atoms with E-state index in [9.17, 15) is 0 Å². The molecule has 0 aliphatic rings. The largest absolute Gasteiger partial charge is 0.383 e. The molecule has 2 N–H and O–H groups in total. The molecule has 0 saturated heterocycles. The van der Waals surface area contributed by atoms with Gasteiger partial charge in [-0.2, -0.15) is 0 Å². The summed E-state index contributed by atoms with van der Waals surface area (Å²) in [6, 6.07) is 10.2. The first-order valence-electron chi connectivity index (χ1n) is 6.61. The molecule has 1 heterocycles. The average Bonchev–Trinajstić information content (AvgIpc) is 2.50. The van der Waals surface area contributed by atoms with E-state index >= 15 is 0 Å². The monoisotopic (exact) mass is 272 g/mol. The van der Waals surface area contributed by atoms with Crippen LogP contribution in [0.5, 0.6) is 0 Å². The van der Waals surface area contributed by atoms with Crippen molar-refractivity contribution in [2.75, 3.05) is 27.3 Å². The van der Waals surface area contributed by atoms with Crippen LogP contribution in [0, 0.1) is 0 Å². The van der Waals surface area contributed by atoms with Crippen LogP contribution >= 0.6 is 0 Å². The summed E-state index contributed by atoms with van der Waals surface area (Å²) in [5.41, 5.74) is 2.21. The average molecular weight is 272 g/mol. The van der Waals surface area contributed by atoms with Crippen molar-refractivity contribution in [3.05, 3.63) is 42.1 Å². The smallest absolute Gasteiger partial charge is 0.191 e. The van der Waals surface area contributed by atoms with Crippen LogP contribution in [-0.2, 0) is 11.3 Å². The Balaban J connectivity index is 2.01. The molecule has 0 atom stereocenters. The predicted molar refractivity (Wildman–Crippen MR) is 81.8 cm³/mol. The summed E-state index contributed by atoms with van der Waals surface area (Å²) in [5, 5.41) is 7.64. The number of aromatic nitrogens is 1. The van der Waals surface area contributed by atoms with Gasteiger partial charge in [-0.15, -0.1) is 0 Å². The summed E-state index contributed by atoms with van der Waals surface area (Å²) in [6.45, 7) is 2.09. The molecule has 106 valence electrons. The lowest BCUT2D eigenvalue weighted by molar-refractivity contribution is 0.203. The second-order valence-electron chi connectivity index (χ2n) is 4.33. The van der Waals surface area contributed by atoms with Crippen LogP contribution in [0.25, 0.3) is 10.9 Å². The van der Waals surface area contributed by atoms with Gasteiger partial charge in [-0.05, 0) is 17.7 Å². The second kappa shape index (κ2) is 7.45. The van der Waals surface area contributed by atoms with Crippen molar-refractivity contribution >= 4 is 16.9 Å². The third kappa shape index (κ3) is 3.68. The Bertz CT molecular complexity index is 578. The Morgan fingerprint density at radius 1 is 1.25 bits per heavy atom. The van der Waals surface area contributed by atoms with Gasteiger partial charge >= 0.3 is 0 Å². The number of guanidine groups is 1. The van der Waals surface area contributed by atoms with E-state index in [4.69, 9.17) is 4.74 Å². The minimum Gasteiger partial charge on any atom is -0.383 e. The van der Waals surface area contributed by atoms with E-state index in [-0.39, 0.29) is 0 Å². The van der Waals surface area contributed by atoms with E-state index in [0.29, 0.717) is 13.2 Å². The maximum atomic E-state index is 5.00. The normalized spacial score (nSPS) is 11.6.